The van der Waals surface area contributed by atoms with Crippen LogP contribution in [-0.4, -0.2) is 14.7 Å². The van der Waals surface area contributed by atoms with Crippen molar-refractivity contribution in [2.75, 3.05) is 0 Å². The number of aromatic amines is 1. The van der Waals surface area contributed by atoms with Gasteiger partial charge in [-0.3, -0.25) is 4.57 Å². The van der Waals surface area contributed by atoms with Crippen LogP contribution in [0.1, 0.15) is 5.56 Å². The Balaban J connectivity index is 2.48. The van der Waals surface area contributed by atoms with Gasteiger partial charge in [0.1, 0.15) is 11.3 Å². The Labute approximate surface area is 111 Å². The lowest BCUT2D eigenvalue weighted by molar-refractivity contribution is 0.471. The summed E-state index contributed by atoms with van der Waals surface area (Å²) < 4.78 is 28.2. The van der Waals surface area contributed by atoms with Crippen LogP contribution in [0.15, 0.2) is 35.1 Å². The summed E-state index contributed by atoms with van der Waals surface area (Å²) in [5.41, 5.74) is 0.165. The maximum absolute atomic E-state index is 14.0. The highest BCUT2D eigenvalue weighted by atomic mass is 19.2. The molecule has 1 aromatic heterocycles. The zero-order valence-corrected chi connectivity index (χ0v) is 10.4. The van der Waals surface area contributed by atoms with Gasteiger partial charge in [-0.1, -0.05) is 6.07 Å². The Hall–Kier alpha value is -2.63. The first-order valence-electron chi connectivity index (χ1n) is 5.88. The van der Waals surface area contributed by atoms with Crippen molar-refractivity contribution in [3.63, 3.8) is 0 Å². The molecule has 0 spiro atoms. The average Bonchev–Trinajstić information content (AvgIpc) is 2.74. The van der Waals surface area contributed by atoms with Crippen LogP contribution >= 0.6 is 0 Å². The first-order valence-corrected chi connectivity index (χ1v) is 5.88. The standard InChI is InChI=1S/C14H10F2N2O2/c1-7-2-5-11(19)10(6-7)18-13-9(17-14(18)20)4-3-8(15)12(13)16/h2-6,19H,1H3,(H,17,20). The second-order valence-corrected chi connectivity index (χ2v) is 4.52. The van der Waals surface area contributed by atoms with Crippen LogP contribution < -0.4 is 5.69 Å². The maximum Gasteiger partial charge on any atom is 0.331 e. The first-order chi connectivity index (χ1) is 9.49. The van der Waals surface area contributed by atoms with E-state index in [1.807, 2.05) is 0 Å². The van der Waals surface area contributed by atoms with E-state index in [4.69, 9.17) is 0 Å². The number of phenolic OH excluding ortho intramolecular Hbond substituents is 1. The van der Waals surface area contributed by atoms with Gasteiger partial charge in [-0.05, 0) is 36.8 Å². The summed E-state index contributed by atoms with van der Waals surface area (Å²) in [6.07, 6.45) is 0. The number of nitrogens with one attached hydrogen (secondary N) is 1. The summed E-state index contributed by atoms with van der Waals surface area (Å²) in [5, 5.41) is 9.86. The van der Waals surface area contributed by atoms with Crippen LogP contribution in [-0.2, 0) is 0 Å². The van der Waals surface area contributed by atoms with E-state index in [-0.39, 0.29) is 22.5 Å². The fourth-order valence-corrected chi connectivity index (χ4v) is 2.17. The monoisotopic (exact) mass is 276 g/mol. The summed E-state index contributed by atoms with van der Waals surface area (Å²) in [6, 6.07) is 6.78. The number of nitrogens with zero attached hydrogens (tertiary/aromatic N) is 1. The van der Waals surface area contributed by atoms with E-state index in [0.717, 1.165) is 16.2 Å². The minimum absolute atomic E-state index is 0.103. The molecule has 0 fully saturated rings. The Morgan fingerprint density at radius 2 is 1.95 bits per heavy atom. The zero-order valence-electron chi connectivity index (χ0n) is 10.4. The summed E-state index contributed by atoms with van der Waals surface area (Å²) in [7, 11) is 0. The third-order valence-corrected chi connectivity index (χ3v) is 3.11. The molecule has 4 nitrogen and oxygen atoms in total. The van der Waals surface area contributed by atoms with E-state index in [1.165, 1.54) is 18.2 Å². The molecular weight excluding hydrogens is 266 g/mol. The van der Waals surface area contributed by atoms with Gasteiger partial charge >= 0.3 is 5.69 Å². The Morgan fingerprint density at radius 3 is 2.70 bits per heavy atom. The highest BCUT2D eigenvalue weighted by Crippen LogP contribution is 2.26. The van der Waals surface area contributed by atoms with Crippen LogP contribution in [0.2, 0.25) is 0 Å². The minimum atomic E-state index is -1.14. The molecule has 1 heterocycles. The quantitative estimate of drug-likeness (QED) is 0.717. The fraction of sp³-hybridized carbons (Fsp3) is 0.0714. The minimum Gasteiger partial charge on any atom is -0.506 e. The third-order valence-electron chi connectivity index (χ3n) is 3.11. The van der Waals surface area contributed by atoms with E-state index in [1.54, 1.807) is 13.0 Å². The molecule has 0 atom stereocenters. The molecule has 0 unspecified atom stereocenters. The van der Waals surface area contributed by atoms with Crippen molar-refractivity contribution >= 4 is 11.0 Å². The van der Waals surface area contributed by atoms with Crippen molar-refractivity contribution in [1.29, 1.82) is 0 Å². The van der Waals surface area contributed by atoms with Gasteiger partial charge in [0.2, 0.25) is 0 Å². The number of hydrogen-bond donors (Lipinski definition) is 2. The van der Waals surface area contributed by atoms with Crippen LogP contribution in [0.3, 0.4) is 0 Å². The number of phenols is 1. The molecule has 102 valence electrons. The van der Waals surface area contributed by atoms with E-state index in [9.17, 15) is 18.7 Å². The lowest BCUT2D eigenvalue weighted by Gasteiger charge is -2.08. The fourth-order valence-electron chi connectivity index (χ4n) is 2.17. The molecule has 2 N–H and O–H groups in total. The Bertz CT molecular complexity index is 881. The number of aryl methyl sites for hydroxylation is 1. The predicted molar refractivity (Wildman–Crippen MR) is 70.2 cm³/mol. The molecule has 0 aliphatic rings. The van der Waals surface area contributed by atoms with Gasteiger partial charge in [0.05, 0.1) is 11.2 Å². The molecule has 20 heavy (non-hydrogen) atoms. The maximum atomic E-state index is 14.0. The van der Waals surface area contributed by atoms with Gasteiger partial charge in [-0.15, -0.1) is 0 Å². The number of aromatic nitrogens is 2. The third kappa shape index (κ3) is 1.69. The van der Waals surface area contributed by atoms with Gasteiger partial charge in [0.25, 0.3) is 0 Å². The molecule has 0 saturated carbocycles. The highest BCUT2D eigenvalue weighted by Gasteiger charge is 2.18. The van der Waals surface area contributed by atoms with Crippen LogP contribution in [0.25, 0.3) is 16.7 Å². The van der Waals surface area contributed by atoms with Crippen molar-refractivity contribution in [3.8, 4) is 11.4 Å². The summed E-state index contributed by atoms with van der Waals surface area (Å²) in [5.74, 6) is -2.39. The molecule has 0 bridgehead atoms. The van der Waals surface area contributed by atoms with Crippen molar-refractivity contribution in [3.05, 3.63) is 58.0 Å². The largest absolute Gasteiger partial charge is 0.506 e. The number of benzene rings is 2. The van der Waals surface area contributed by atoms with Gasteiger partial charge in [0.15, 0.2) is 11.6 Å². The van der Waals surface area contributed by atoms with Gasteiger partial charge < -0.3 is 10.1 Å². The Kier molecular flexibility index (Phi) is 2.60. The number of fused-ring (bicyclic) bond motifs is 1. The normalized spacial score (nSPS) is 11.2. The van der Waals surface area contributed by atoms with Gasteiger partial charge in [-0.2, -0.15) is 0 Å². The number of aromatic hydroxyl groups is 1. The topological polar surface area (TPSA) is 58.0 Å². The van der Waals surface area contributed by atoms with E-state index < -0.39 is 17.3 Å². The van der Waals surface area contributed by atoms with Gasteiger partial charge in [-0.25, -0.2) is 13.6 Å². The molecule has 0 amide bonds. The van der Waals surface area contributed by atoms with Crippen molar-refractivity contribution in [2.45, 2.75) is 6.92 Å². The van der Waals surface area contributed by atoms with Crippen molar-refractivity contribution < 1.29 is 13.9 Å². The SMILES string of the molecule is Cc1ccc(O)c(-n2c(=O)[nH]c3ccc(F)c(F)c32)c1. The van der Waals surface area contributed by atoms with E-state index in [2.05, 4.69) is 4.98 Å². The smallest absolute Gasteiger partial charge is 0.331 e. The number of halogens is 2. The molecule has 3 aromatic rings. The van der Waals surface area contributed by atoms with Gasteiger partial charge in [0, 0.05) is 0 Å². The molecule has 6 heteroatoms. The van der Waals surface area contributed by atoms with Crippen LogP contribution in [0, 0.1) is 18.6 Å². The molecule has 2 aromatic carbocycles. The number of rotatable bonds is 1. The summed E-state index contributed by atoms with van der Waals surface area (Å²) in [6.45, 7) is 1.76. The average molecular weight is 276 g/mol. The molecule has 0 aliphatic heterocycles. The number of H-pyrrole nitrogens is 1. The Morgan fingerprint density at radius 1 is 1.20 bits per heavy atom. The van der Waals surface area contributed by atoms with Crippen LogP contribution in [0.5, 0.6) is 5.75 Å². The second kappa shape index (κ2) is 4.19. The summed E-state index contributed by atoms with van der Waals surface area (Å²) >= 11 is 0. The molecular formula is C14H10F2N2O2. The molecule has 3 rings (SSSR count). The lowest BCUT2D eigenvalue weighted by atomic mass is 10.2. The molecule has 0 saturated heterocycles. The number of hydrogen-bond acceptors (Lipinski definition) is 2. The second-order valence-electron chi connectivity index (χ2n) is 4.52. The highest BCUT2D eigenvalue weighted by molar-refractivity contribution is 5.78. The summed E-state index contributed by atoms with van der Waals surface area (Å²) in [4.78, 5) is 14.4. The zero-order chi connectivity index (χ0) is 14.4. The van der Waals surface area contributed by atoms with E-state index >= 15 is 0 Å². The van der Waals surface area contributed by atoms with E-state index in [0.29, 0.717) is 0 Å². The van der Waals surface area contributed by atoms with Crippen molar-refractivity contribution in [1.82, 2.24) is 9.55 Å². The lowest BCUT2D eigenvalue weighted by Crippen LogP contribution is -2.15. The molecule has 0 aliphatic carbocycles. The first kappa shape index (κ1) is 12.4. The van der Waals surface area contributed by atoms with Crippen LogP contribution in [0.4, 0.5) is 8.78 Å². The number of imidazole rings is 1. The van der Waals surface area contributed by atoms with Crippen molar-refractivity contribution in [2.24, 2.45) is 0 Å². The predicted octanol–water partition coefficient (Wildman–Crippen LogP) is 2.61. The molecule has 0 radical (unpaired) electrons.